The zero-order chi connectivity index (χ0) is 21.2. The van der Waals surface area contributed by atoms with Gasteiger partial charge >= 0.3 is 0 Å². The van der Waals surface area contributed by atoms with Crippen LogP contribution in [0.2, 0.25) is 0 Å². The molecule has 3 rings (SSSR count). The molecule has 0 aromatic heterocycles. The highest BCUT2D eigenvalue weighted by Gasteiger charge is 2.36. The molecule has 0 spiro atoms. The van der Waals surface area contributed by atoms with Crippen LogP contribution >= 0.6 is 0 Å². The van der Waals surface area contributed by atoms with E-state index in [9.17, 15) is 16.8 Å². The van der Waals surface area contributed by atoms with Crippen molar-refractivity contribution in [3.8, 4) is 5.75 Å². The van der Waals surface area contributed by atoms with Crippen molar-refractivity contribution in [1.29, 1.82) is 0 Å². The number of benzene rings is 2. The second-order valence-corrected chi connectivity index (χ2v) is 10.3. The minimum Gasteiger partial charge on any atom is -0.494 e. The number of hydrogen-bond donors (Lipinski definition) is 1. The van der Waals surface area contributed by atoms with Gasteiger partial charge in [-0.05, 0) is 19.1 Å². The normalized spacial score (nSPS) is 17.1. The number of nitrogens with one attached hydrogen (secondary N) is 1. The summed E-state index contributed by atoms with van der Waals surface area (Å²) < 4.78 is 57.5. The van der Waals surface area contributed by atoms with E-state index in [1.165, 1.54) is 0 Å². The molecule has 1 atom stereocenters. The molecule has 1 N–H and O–H groups in total. The number of hydrazone groups is 1. The van der Waals surface area contributed by atoms with Gasteiger partial charge in [0.2, 0.25) is 20.0 Å². The molecular weight excluding hydrogens is 414 g/mol. The van der Waals surface area contributed by atoms with Crippen LogP contribution < -0.4 is 9.46 Å². The van der Waals surface area contributed by atoms with Crippen LogP contribution in [0.3, 0.4) is 0 Å². The third-order valence-electron chi connectivity index (χ3n) is 4.32. The molecule has 0 saturated heterocycles. The average molecular weight is 438 g/mol. The lowest BCUT2D eigenvalue weighted by Crippen LogP contribution is -2.26. The molecule has 156 valence electrons. The van der Waals surface area contributed by atoms with Gasteiger partial charge in [-0.3, -0.25) is 4.72 Å². The van der Waals surface area contributed by atoms with E-state index in [-0.39, 0.29) is 6.42 Å². The summed E-state index contributed by atoms with van der Waals surface area (Å²) in [6.45, 7) is 2.30. The van der Waals surface area contributed by atoms with Crippen molar-refractivity contribution in [3.63, 3.8) is 0 Å². The van der Waals surface area contributed by atoms with E-state index in [4.69, 9.17) is 4.74 Å². The molecule has 0 amide bonds. The van der Waals surface area contributed by atoms with Crippen LogP contribution in [0.4, 0.5) is 5.69 Å². The Morgan fingerprint density at radius 1 is 1.07 bits per heavy atom. The lowest BCUT2D eigenvalue weighted by Gasteiger charge is -2.23. The summed E-state index contributed by atoms with van der Waals surface area (Å²) >= 11 is 0. The van der Waals surface area contributed by atoms with Gasteiger partial charge in [0.05, 0.1) is 36.6 Å². The third-order valence-corrected chi connectivity index (χ3v) is 5.93. The molecule has 2 aromatic carbocycles. The zero-order valence-electron chi connectivity index (χ0n) is 16.4. The largest absolute Gasteiger partial charge is 0.494 e. The number of ether oxygens (including phenoxy) is 1. The number of anilines is 1. The number of rotatable bonds is 7. The Kier molecular flexibility index (Phi) is 5.85. The molecule has 0 unspecified atom stereocenters. The van der Waals surface area contributed by atoms with Crippen LogP contribution in [-0.4, -0.2) is 46.1 Å². The molecule has 10 heteroatoms. The van der Waals surface area contributed by atoms with Gasteiger partial charge in [-0.25, -0.2) is 16.8 Å². The van der Waals surface area contributed by atoms with E-state index < -0.39 is 26.1 Å². The standard InChI is InChI=1S/C19H23N3O5S2/c1-4-27-19-12-8-6-10-15(19)18-13-17(20-22(18)29(3,25)26)14-9-5-7-11-16(14)21-28(2,23)24/h5-12,18,21H,4,13H2,1-3H3/t18-/m0/s1. The Morgan fingerprint density at radius 2 is 1.72 bits per heavy atom. The van der Waals surface area contributed by atoms with Crippen LogP contribution in [0.15, 0.2) is 53.6 Å². The summed E-state index contributed by atoms with van der Waals surface area (Å²) in [6, 6.07) is 13.4. The van der Waals surface area contributed by atoms with Crippen molar-refractivity contribution >= 4 is 31.4 Å². The van der Waals surface area contributed by atoms with E-state index in [0.29, 0.717) is 34.9 Å². The van der Waals surface area contributed by atoms with Crippen LogP contribution in [0, 0.1) is 0 Å². The van der Waals surface area contributed by atoms with Crippen LogP contribution in [0.1, 0.15) is 30.5 Å². The second-order valence-electron chi connectivity index (χ2n) is 6.69. The minimum atomic E-state index is -3.67. The summed E-state index contributed by atoms with van der Waals surface area (Å²) in [5.41, 5.74) is 2.05. The van der Waals surface area contributed by atoms with Gasteiger partial charge < -0.3 is 4.74 Å². The molecule has 0 aliphatic carbocycles. The van der Waals surface area contributed by atoms with Gasteiger partial charge in [-0.1, -0.05) is 36.4 Å². The van der Waals surface area contributed by atoms with Gasteiger partial charge in [-0.2, -0.15) is 9.52 Å². The number of sulfonamides is 2. The first-order valence-electron chi connectivity index (χ1n) is 8.96. The van der Waals surface area contributed by atoms with Crippen LogP contribution in [0.5, 0.6) is 5.75 Å². The summed E-state index contributed by atoms with van der Waals surface area (Å²) in [6.07, 6.45) is 2.43. The molecule has 1 heterocycles. The van der Waals surface area contributed by atoms with E-state index in [0.717, 1.165) is 16.9 Å². The highest BCUT2D eigenvalue weighted by molar-refractivity contribution is 7.92. The lowest BCUT2D eigenvalue weighted by atomic mass is 9.97. The fourth-order valence-electron chi connectivity index (χ4n) is 3.26. The van der Waals surface area contributed by atoms with E-state index >= 15 is 0 Å². The van der Waals surface area contributed by atoms with E-state index in [2.05, 4.69) is 9.82 Å². The van der Waals surface area contributed by atoms with Crippen molar-refractivity contribution in [2.75, 3.05) is 23.8 Å². The van der Waals surface area contributed by atoms with Gasteiger partial charge in [0.15, 0.2) is 0 Å². The number of para-hydroxylation sites is 2. The molecule has 0 bridgehead atoms. The highest BCUT2D eigenvalue weighted by atomic mass is 32.2. The molecule has 1 aliphatic rings. The molecular formula is C19H23N3O5S2. The smallest absolute Gasteiger partial charge is 0.247 e. The fraction of sp³-hybridized carbons (Fsp3) is 0.316. The molecule has 1 aliphatic heterocycles. The Balaban J connectivity index is 2.07. The molecule has 0 fully saturated rings. The summed E-state index contributed by atoms with van der Waals surface area (Å²) in [7, 11) is -7.18. The minimum absolute atomic E-state index is 0.277. The first kappa shape index (κ1) is 21.1. The fourth-order valence-corrected chi connectivity index (χ4v) is 4.73. The van der Waals surface area contributed by atoms with Gasteiger partial charge in [0.25, 0.3) is 0 Å². The van der Waals surface area contributed by atoms with E-state index in [1.54, 1.807) is 30.3 Å². The predicted molar refractivity (Wildman–Crippen MR) is 113 cm³/mol. The van der Waals surface area contributed by atoms with E-state index in [1.807, 2.05) is 25.1 Å². The quantitative estimate of drug-likeness (QED) is 0.717. The third kappa shape index (κ3) is 4.88. The monoisotopic (exact) mass is 437 g/mol. The van der Waals surface area contributed by atoms with Gasteiger partial charge in [0, 0.05) is 17.5 Å². The zero-order valence-corrected chi connectivity index (χ0v) is 18.0. The maximum atomic E-state index is 12.4. The van der Waals surface area contributed by atoms with Crippen LogP contribution in [0.25, 0.3) is 0 Å². The van der Waals surface area contributed by atoms with Gasteiger partial charge in [0.1, 0.15) is 5.75 Å². The summed E-state index contributed by atoms with van der Waals surface area (Å²) in [4.78, 5) is 0. The van der Waals surface area contributed by atoms with Gasteiger partial charge in [-0.15, -0.1) is 0 Å². The van der Waals surface area contributed by atoms with Crippen molar-refractivity contribution in [3.05, 3.63) is 59.7 Å². The molecule has 29 heavy (non-hydrogen) atoms. The first-order chi connectivity index (χ1) is 13.6. The molecule has 2 aromatic rings. The molecule has 0 radical (unpaired) electrons. The molecule has 8 nitrogen and oxygen atoms in total. The second kappa shape index (κ2) is 8.03. The Bertz CT molecular complexity index is 1140. The lowest BCUT2D eigenvalue weighted by molar-refractivity contribution is 0.317. The topological polar surface area (TPSA) is 105 Å². The highest BCUT2D eigenvalue weighted by Crippen LogP contribution is 2.39. The summed E-state index contributed by atoms with van der Waals surface area (Å²) in [5.74, 6) is 0.590. The number of nitrogens with zero attached hydrogens (tertiary/aromatic N) is 2. The van der Waals surface area contributed by atoms with Crippen molar-refractivity contribution in [2.45, 2.75) is 19.4 Å². The van der Waals surface area contributed by atoms with Crippen molar-refractivity contribution in [2.24, 2.45) is 5.10 Å². The maximum Gasteiger partial charge on any atom is 0.247 e. The van der Waals surface area contributed by atoms with Crippen LogP contribution in [-0.2, 0) is 20.0 Å². The Morgan fingerprint density at radius 3 is 2.38 bits per heavy atom. The van der Waals surface area contributed by atoms with Crippen molar-refractivity contribution in [1.82, 2.24) is 4.41 Å². The number of hydrogen-bond acceptors (Lipinski definition) is 6. The predicted octanol–water partition coefficient (Wildman–Crippen LogP) is 2.57. The molecule has 0 saturated carbocycles. The summed E-state index contributed by atoms with van der Waals surface area (Å²) in [5, 5.41) is 4.35. The first-order valence-corrected chi connectivity index (χ1v) is 12.7. The van der Waals surface area contributed by atoms with Crippen molar-refractivity contribution < 1.29 is 21.6 Å². The Hall–Kier alpha value is -2.59. The Labute approximate surface area is 171 Å². The average Bonchev–Trinajstić information content (AvgIpc) is 3.07. The SMILES string of the molecule is CCOc1ccccc1[C@@H]1CC(c2ccccc2NS(C)(=O)=O)=NN1S(C)(=O)=O. The maximum absolute atomic E-state index is 12.4.